The van der Waals surface area contributed by atoms with E-state index in [-0.39, 0.29) is 0 Å². The molecule has 0 aliphatic rings. The quantitative estimate of drug-likeness (QED) is 0.660. The fourth-order valence-electron chi connectivity index (χ4n) is 1.55. The monoisotopic (exact) mass is 226 g/mol. The number of hydrogen-bond donors (Lipinski definition) is 0. The van der Waals surface area contributed by atoms with Gasteiger partial charge in [-0.1, -0.05) is 80.1 Å². The van der Waals surface area contributed by atoms with Crippen LogP contribution in [-0.4, -0.2) is 0 Å². The Hall–Kier alpha value is -1.56. The summed E-state index contributed by atoms with van der Waals surface area (Å²) in [5.41, 5.74) is 2.77. The third-order valence-corrected chi connectivity index (χ3v) is 2.92. The molecule has 90 valence electrons. The molecular weight excluding hydrogens is 204 g/mol. The third kappa shape index (κ3) is 5.35. The minimum atomic E-state index is 0.709. The van der Waals surface area contributed by atoms with Gasteiger partial charge in [-0.15, -0.1) is 0 Å². The van der Waals surface area contributed by atoms with Crippen molar-refractivity contribution in [2.45, 2.75) is 33.1 Å². The van der Waals surface area contributed by atoms with E-state index in [9.17, 15) is 0 Å². The van der Waals surface area contributed by atoms with Crippen LogP contribution in [0.1, 0.15) is 37.3 Å². The van der Waals surface area contributed by atoms with E-state index in [1.807, 2.05) is 18.2 Å². The van der Waals surface area contributed by atoms with Crippen molar-refractivity contribution in [1.29, 1.82) is 0 Å². The van der Waals surface area contributed by atoms with Crippen molar-refractivity contribution in [3.8, 4) is 0 Å². The molecule has 0 heteroatoms. The Labute approximate surface area is 105 Å². The number of aryl methyl sites for hydroxylation is 1. The molecule has 0 saturated carbocycles. The second kappa shape index (κ2) is 7.67. The van der Waals surface area contributed by atoms with Gasteiger partial charge in [0.2, 0.25) is 0 Å². The first-order valence-electron chi connectivity index (χ1n) is 6.30. The number of rotatable bonds is 2. The van der Waals surface area contributed by atoms with Gasteiger partial charge >= 0.3 is 0 Å². The van der Waals surface area contributed by atoms with Gasteiger partial charge in [-0.25, -0.2) is 0 Å². The molecule has 2 aromatic rings. The first-order chi connectivity index (χ1) is 8.24. The van der Waals surface area contributed by atoms with Crippen LogP contribution in [0.25, 0.3) is 0 Å². The summed E-state index contributed by atoms with van der Waals surface area (Å²) >= 11 is 0. The molecule has 0 amide bonds. The van der Waals surface area contributed by atoms with E-state index in [0.717, 1.165) is 0 Å². The highest BCUT2D eigenvalue weighted by atomic mass is 14.0. The predicted molar refractivity (Wildman–Crippen MR) is 76.3 cm³/mol. The fourth-order valence-corrected chi connectivity index (χ4v) is 1.55. The molecule has 2 rings (SSSR count). The van der Waals surface area contributed by atoms with E-state index in [1.165, 1.54) is 17.5 Å². The Morgan fingerprint density at radius 1 is 0.824 bits per heavy atom. The largest absolute Gasteiger partial charge is 0.0648 e. The molecule has 2 aromatic carbocycles. The molecule has 0 heterocycles. The number of benzene rings is 2. The zero-order valence-corrected chi connectivity index (χ0v) is 11.1. The van der Waals surface area contributed by atoms with Gasteiger partial charge in [-0.05, 0) is 24.8 Å². The average Bonchev–Trinajstić information content (AvgIpc) is 2.40. The van der Waals surface area contributed by atoms with Crippen molar-refractivity contribution < 1.29 is 0 Å². The molecule has 0 aliphatic heterocycles. The van der Waals surface area contributed by atoms with Gasteiger partial charge in [0.05, 0.1) is 0 Å². The average molecular weight is 226 g/mol. The molecule has 0 bridgehead atoms. The lowest BCUT2D eigenvalue weighted by atomic mass is 9.99. The van der Waals surface area contributed by atoms with E-state index in [0.29, 0.717) is 5.92 Å². The van der Waals surface area contributed by atoms with Gasteiger partial charge in [0.1, 0.15) is 0 Å². The molecule has 0 N–H and O–H groups in total. The molecule has 0 aromatic heterocycles. The molecular formula is C17H22. The highest BCUT2D eigenvalue weighted by molar-refractivity contribution is 5.18. The normalized spacial score (nSPS) is 11.2. The first-order valence-corrected chi connectivity index (χ1v) is 6.30. The summed E-state index contributed by atoms with van der Waals surface area (Å²) in [5, 5.41) is 0. The van der Waals surface area contributed by atoms with Gasteiger partial charge in [0.15, 0.2) is 0 Å². The fraction of sp³-hybridized carbons (Fsp3) is 0.294. The zero-order chi connectivity index (χ0) is 12.5. The smallest absolute Gasteiger partial charge is 0.0193 e. The summed E-state index contributed by atoms with van der Waals surface area (Å²) in [6, 6.07) is 20.9. The minimum Gasteiger partial charge on any atom is -0.0648 e. The van der Waals surface area contributed by atoms with Crippen LogP contribution in [0, 0.1) is 6.92 Å². The molecule has 0 nitrogen and oxygen atoms in total. The lowest BCUT2D eigenvalue weighted by Gasteiger charge is -2.06. The van der Waals surface area contributed by atoms with Crippen LogP contribution >= 0.6 is 0 Å². The Morgan fingerprint density at radius 2 is 1.29 bits per heavy atom. The Balaban J connectivity index is 0.000000181. The molecule has 0 fully saturated rings. The molecule has 0 radical (unpaired) electrons. The van der Waals surface area contributed by atoms with Crippen LogP contribution in [0.4, 0.5) is 0 Å². The van der Waals surface area contributed by atoms with Gasteiger partial charge in [-0.2, -0.15) is 0 Å². The lowest BCUT2D eigenvalue weighted by Crippen LogP contribution is -1.88. The van der Waals surface area contributed by atoms with Crippen molar-refractivity contribution in [3.63, 3.8) is 0 Å². The zero-order valence-electron chi connectivity index (χ0n) is 11.1. The van der Waals surface area contributed by atoms with Crippen LogP contribution in [0.15, 0.2) is 60.7 Å². The molecule has 0 spiro atoms. The summed E-state index contributed by atoms with van der Waals surface area (Å²) < 4.78 is 0. The van der Waals surface area contributed by atoms with Gasteiger partial charge in [-0.3, -0.25) is 0 Å². The SMILES string of the molecule is CC[C@H](C)c1ccccc1.Cc1ccccc1. The topological polar surface area (TPSA) is 0 Å². The van der Waals surface area contributed by atoms with Crippen molar-refractivity contribution >= 4 is 0 Å². The first kappa shape index (κ1) is 13.5. The van der Waals surface area contributed by atoms with Crippen LogP contribution in [0.3, 0.4) is 0 Å². The van der Waals surface area contributed by atoms with Crippen LogP contribution < -0.4 is 0 Å². The van der Waals surface area contributed by atoms with Crippen molar-refractivity contribution in [2.75, 3.05) is 0 Å². The number of hydrogen-bond acceptors (Lipinski definition) is 0. The molecule has 0 saturated heterocycles. The van der Waals surface area contributed by atoms with Crippen molar-refractivity contribution in [3.05, 3.63) is 71.8 Å². The highest BCUT2D eigenvalue weighted by Crippen LogP contribution is 2.16. The second-order valence-corrected chi connectivity index (χ2v) is 4.37. The summed E-state index contributed by atoms with van der Waals surface area (Å²) in [4.78, 5) is 0. The highest BCUT2D eigenvalue weighted by Gasteiger charge is 1.98. The summed E-state index contributed by atoms with van der Waals surface area (Å²) in [5.74, 6) is 0.709. The van der Waals surface area contributed by atoms with Gasteiger partial charge in [0, 0.05) is 0 Å². The van der Waals surface area contributed by atoms with Crippen LogP contribution in [0.2, 0.25) is 0 Å². The van der Waals surface area contributed by atoms with E-state index >= 15 is 0 Å². The molecule has 1 atom stereocenters. The molecule has 0 aliphatic carbocycles. The molecule has 0 unspecified atom stereocenters. The predicted octanol–water partition coefficient (Wildman–Crippen LogP) is 5.20. The maximum Gasteiger partial charge on any atom is -0.0193 e. The van der Waals surface area contributed by atoms with Crippen molar-refractivity contribution in [2.24, 2.45) is 0 Å². The van der Waals surface area contributed by atoms with E-state index in [2.05, 4.69) is 63.2 Å². The Kier molecular flexibility index (Phi) is 6.09. The van der Waals surface area contributed by atoms with E-state index in [1.54, 1.807) is 0 Å². The standard InChI is InChI=1S/C10H14.C7H8/c1-3-9(2)10-7-5-4-6-8-10;1-7-5-3-2-4-6-7/h4-9H,3H2,1-2H3;2-6H,1H3/t9-;/m0./s1. The summed E-state index contributed by atoms with van der Waals surface area (Å²) in [6.45, 7) is 6.56. The van der Waals surface area contributed by atoms with Gasteiger partial charge < -0.3 is 0 Å². The molecule has 17 heavy (non-hydrogen) atoms. The minimum absolute atomic E-state index is 0.709. The maximum absolute atomic E-state index is 2.26. The van der Waals surface area contributed by atoms with Crippen molar-refractivity contribution in [1.82, 2.24) is 0 Å². The lowest BCUT2D eigenvalue weighted by molar-refractivity contribution is 0.733. The summed E-state index contributed by atoms with van der Waals surface area (Å²) in [7, 11) is 0. The van der Waals surface area contributed by atoms with Gasteiger partial charge in [0.25, 0.3) is 0 Å². The Morgan fingerprint density at radius 3 is 1.65 bits per heavy atom. The van der Waals surface area contributed by atoms with E-state index in [4.69, 9.17) is 0 Å². The van der Waals surface area contributed by atoms with Crippen LogP contribution in [0.5, 0.6) is 0 Å². The third-order valence-electron chi connectivity index (χ3n) is 2.92. The summed E-state index contributed by atoms with van der Waals surface area (Å²) in [6.07, 6.45) is 1.23. The Bertz CT molecular complexity index is 389. The maximum atomic E-state index is 2.26. The van der Waals surface area contributed by atoms with Crippen LogP contribution in [-0.2, 0) is 0 Å². The van der Waals surface area contributed by atoms with E-state index < -0.39 is 0 Å². The second-order valence-electron chi connectivity index (χ2n) is 4.37.